The number of nitrogens with one attached hydrogen (secondary N) is 1. The van der Waals surface area contributed by atoms with Crippen LogP contribution in [0.4, 0.5) is 0 Å². The molecule has 3 nitrogen and oxygen atoms in total. The van der Waals surface area contributed by atoms with Crippen LogP contribution in [0, 0.1) is 0 Å². The zero-order chi connectivity index (χ0) is 14.2. The summed E-state index contributed by atoms with van der Waals surface area (Å²) in [4.78, 5) is 0. The molecule has 0 aliphatic rings. The third-order valence-corrected chi connectivity index (χ3v) is 4.64. The lowest BCUT2D eigenvalue weighted by Gasteiger charge is -2.20. The molecule has 0 fully saturated rings. The van der Waals surface area contributed by atoms with Crippen molar-refractivity contribution in [2.75, 3.05) is 7.05 Å². The summed E-state index contributed by atoms with van der Waals surface area (Å²) in [6.07, 6.45) is 1.66. The summed E-state index contributed by atoms with van der Waals surface area (Å²) >= 11 is 19.9. The van der Waals surface area contributed by atoms with E-state index in [2.05, 4.69) is 24.3 Å². The van der Waals surface area contributed by atoms with Gasteiger partial charge in [-0.05, 0) is 27.0 Å². The minimum absolute atomic E-state index is 0.131. The molecule has 2 heterocycles. The van der Waals surface area contributed by atoms with Gasteiger partial charge >= 0.3 is 0 Å². The second-order valence-electron chi connectivity index (χ2n) is 4.42. The van der Waals surface area contributed by atoms with Crippen molar-refractivity contribution >= 4 is 46.1 Å². The van der Waals surface area contributed by atoms with Crippen molar-refractivity contribution < 1.29 is 0 Å². The minimum Gasteiger partial charge on any atom is -0.308 e. The average Bonchev–Trinajstić information content (AvgIpc) is 2.85. The van der Waals surface area contributed by atoms with Crippen molar-refractivity contribution in [3.63, 3.8) is 0 Å². The lowest BCUT2D eigenvalue weighted by atomic mass is 10.1. The Morgan fingerprint density at radius 2 is 2.00 bits per heavy atom. The Bertz CT molecular complexity index is 577. The largest absolute Gasteiger partial charge is 0.308 e. The molecule has 104 valence electrons. The van der Waals surface area contributed by atoms with Crippen molar-refractivity contribution in [1.29, 1.82) is 0 Å². The van der Waals surface area contributed by atoms with E-state index in [4.69, 9.17) is 34.8 Å². The fourth-order valence-electron chi connectivity index (χ4n) is 2.02. The van der Waals surface area contributed by atoms with Gasteiger partial charge in [-0.25, -0.2) is 0 Å². The second-order valence-corrected chi connectivity index (χ2v) is 7.11. The normalized spacial score (nSPS) is 13.2. The first-order valence-corrected chi connectivity index (χ1v) is 7.75. The predicted molar refractivity (Wildman–Crippen MR) is 82.9 cm³/mol. The van der Waals surface area contributed by atoms with Gasteiger partial charge in [-0.2, -0.15) is 5.10 Å². The highest BCUT2D eigenvalue weighted by Gasteiger charge is 2.25. The molecule has 2 rings (SSSR count). The third kappa shape index (κ3) is 2.93. The van der Waals surface area contributed by atoms with Crippen LogP contribution in [0.5, 0.6) is 0 Å². The fraction of sp³-hybridized carbons (Fsp3) is 0.417. The van der Waals surface area contributed by atoms with Gasteiger partial charge in [0.05, 0.1) is 31.6 Å². The molecule has 2 aromatic rings. The highest BCUT2D eigenvalue weighted by molar-refractivity contribution is 7.20. The molecule has 1 unspecified atom stereocenters. The summed E-state index contributed by atoms with van der Waals surface area (Å²) in [5, 5.41) is 8.16. The quantitative estimate of drug-likeness (QED) is 0.868. The molecule has 2 aromatic heterocycles. The smallest absolute Gasteiger partial charge is 0.0996 e. The number of hydrogen-bond acceptors (Lipinski definition) is 3. The molecular formula is C12H14Cl3N3S. The molecule has 7 heteroatoms. The van der Waals surface area contributed by atoms with E-state index in [1.54, 1.807) is 6.20 Å². The lowest BCUT2D eigenvalue weighted by molar-refractivity contribution is 0.484. The second kappa shape index (κ2) is 6.02. The summed E-state index contributed by atoms with van der Waals surface area (Å²) in [5.74, 6) is 0. The topological polar surface area (TPSA) is 29.9 Å². The molecule has 19 heavy (non-hydrogen) atoms. The van der Waals surface area contributed by atoms with Gasteiger partial charge in [-0.15, -0.1) is 11.3 Å². The molecule has 0 saturated heterocycles. The Labute approximate surface area is 131 Å². The standard InChI is InChI=1S/C12H14Cl3N3S/c1-6(2)18-11(8(13)5-17-18)10(16-3)7-4-9(14)19-12(7)15/h4-6,10,16H,1-3H3. The first kappa shape index (κ1) is 15.1. The molecule has 0 amide bonds. The van der Waals surface area contributed by atoms with Crippen LogP contribution >= 0.6 is 46.1 Å². The summed E-state index contributed by atoms with van der Waals surface area (Å²) in [6.45, 7) is 4.11. The van der Waals surface area contributed by atoms with Crippen LogP contribution in [0.15, 0.2) is 12.3 Å². The summed E-state index contributed by atoms with van der Waals surface area (Å²) < 4.78 is 3.22. The average molecular weight is 339 g/mol. The zero-order valence-electron chi connectivity index (χ0n) is 10.7. The van der Waals surface area contributed by atoms with Crippen molar-refractivity contribution in [3.8, 4) is 0 Å². The molecule has 0 aromatic carbocycles. The van der Waals surface area contributed by atoms with E-state index in [1.807, 2.05) is 17.8 Å². The highest BCUT2D eigenvalue weighted by atomic mass is 35.5. The van der Waals surface area contributed by atoms with Crippen molar-refractivity contribution in [1.82, 2.24) is 15.1 Å². The van der Waals surface area contributed by atoms with Gasteiger partial charge < -0.3 is 5.32 Å². The van der Waals surface area contributed by atoms with E-state index in [9.17, 15) is 0 Å². The minimum atomic E-state index is -0.131. The first-order valence-electron chi connectivity index (χ1n) is 5.80. The molecular weight excluding hydrogens is 325 g/mol. The SMILES string of the molecule is CNC(c1cc(Cl)sc1Cl)c1c(Cl)cnn1C(C)C. The molecule has 0 radical (unpaired) electrons. The van der Waals surface area contributed by atoms with Crippen LogP contribution in [-0.4, -0.2) is 16.8 Å². The molecule has 0 aliphatic carbocycles. The van der Waals surface area contributed by atoms with Crippen LogP contribution < -0.4 is 5.32 Å². The maximum atomic E-state index is 6.28. The van der Waals surface area contributed by atoms with E-state index in [0.717, 1.165) is 11.3 Å². The van der Waals surface area contributed by atoms with Crippen LogP contribution in [0.1, 0.15) is 37.2 Å². The van der Waals surface area contributed by atoms with Crippen molar-refractivity contribution in [2.45, 2.75) is 25.9 Å². The van der Waals surface area contributed by atoms with Gasteiger partial charge in [-0.3, -0.25) is 4.68 Å². The maximum Gasteiger partial charge on any atom is 0.0996 e. The molecule has 1 N–H and O–H groups in total. The van der Waals surface area contributed by atoms with Gasteiger partial charge in [0.2, 0.25) is 0 Å². The Morgan fingerprint density at radius 3 is 2.47 bits per heavy atom. The molecule has 0 saturated carbocycles. The van der Waals surface area contributed by atoms with Crippen molar-refractivity contribution in [3.05, 3.63) is 37.2 Å². The Balaban J connectivity index is 2.54. The monoisotopic (exact) mass is 337 g/mol. The summed E-state index contributed by atoms with van der Waals surface area (Å²) in [7, 11) is 1.86. The number of halogens is 3. The highest BCUT2D eigenvalue weighted by Crippen LogP contribution is 2.39. The van der Waals surface area contributed by atoms with Crippen molar-refractivity contribution in [2.24, 2.45) is 0 Å². The summed E-state index contributed by atoms with van der Waals surface area (Å²) in [5.41, 5.74) is 1.82. The Morgan fingerprint density at radius 1 is 1.32 bits per heavy atom. The van der Waals surface area contributed by atoms with E-state index in [-0.39, 0.29) is 12.1 Å². The molecule has 0 spiro atoms. The number of thiophene rings is 1. The maximum absolute atomic E-state index is 6.28. The van der Waals surface area contributed by atoms with Gasteiger partial charge in [0.15, 0.2) is 0 Å². The van der Waals surface area contributed by atoms with E-state index < -0.39 is 0 Å². The number of rotatable bonds is 4. The van der Waals surface area contributed by atoms with Crippen LogP contribution in [0.25, 0.3) is 0 Å². The van der Waals surface area contributed by atoms with E-state index in [0.29, 0.717) is 13.7 Å². The van der Waals surface area contributed by atoms with Crippen LogP contribution in [0.2, 0.25) is 13.7 Å². The van der Waals surface area contributed by atoms with Crippen LogP contribution in [-0.2, 0) is 0 Å². The Kier molecular flexibility index (Phi) is 4.79. The van der Waals surface area contributed by atoms with E-state index >= 15 is 0 Å². The predicted octanol–water partition coefficient (Wildman–Crippen LogP) is 4.79. The van der Waals surface area contributed by atoms with E-state index in [1.165, 1.54) is 11.3 Å². The Hall–Kier alpha value is -0.260. The first-order chi connectivity index (χ1) is 8.95. The van der Waals surface area contributed by atoms with Gasteiger partial charge in [0.25, 0.3) is 0 Å². The number of aromatic nitrogens is 2. The molecule has 1 atom stereocenters. The summed E-state index contributed by atoms with van der Waals surface area (Å²) in [6, 6.07) is 1.95. The van der Waals surface area contributed by atoms with Gasteiger partial charge in [-0.1, -0.05) is 34.8 Å². The fourth-order valence-corrected chi connectivity index (χ4v) is 3.79. The van der Waals surface area contributed by atoms with Gasteiger partial charge in [0, 0.05) is 11.6 Å². The lowest BCUT2D eigenvalue weighted by Crippen LogP contribution is -2.22. The zero-order valence-corrected chi connectivity index (χ0v) is 13.8. The molecule has 0 bridgehead atoms. The van der Waals surface area contributed by atoms with Gasteiger partial charge in [0.1, 0.15) is 0 Å². The number of hydrogen-bond donors (Lipinski definition) is 1. The third-order valence-electron chi connectivity index (χ3n) is 2.83. The number of nitrogens with zero attached hydrogens (tertiary/aromatic N) is 2. The van der Waals surface area contributed by atoms with Crippen LogP contribution in [0.3, 0.4) is 0 Å². The molecule has 0 aliphatic heterocycles.